The average Bonchev–Trinajstić information content (AvgIpc) is 2.48. The second-order valence-electron chi connectivity index (χ2n) is 4.04. The third-order valence-electron chi connectivity index (χ3n) is 2.76. The van der Waals surface area contributed by atoms with Gasteiger partial charge in [-0.25, -0.2) is 0 Å². The van der Waals surface area contributed by atoms with Gasteiger partial charge in [0.15, 0.2) is 0 Å². The van der Waals surface area contributed by atoms with E-state index >= 15 is 0 Å². The van der Waals surface area contributed by atoms with E-state index in [-0.39, 0.29) is 0 Å². The van der Waals surface area contributed by atoms with Crippen LogP contribution in [0.25, 0.3) is 12.2 Å². The van der Waals surface area contributed by atoms with Gasteiger partial charge in [0.1, 0.15) is 5.75 Å². The molecule has 2 rings (SSSR count). The highest BCUT2D eigenvalue weighted by Gasteiger charge is 1.87. The summed E-state index contributed by atoms with van der Waals surface area (Å²) in [4.78, 5) is 0. The van der Waals surface area contributed by atoms with Crippen LogP contribution in [-0.2, 0) is 0 Å². The molecule has 0 bridgehead atoms. The maximum Gasteiger partial charge on any atom is 0.118 e. The molecule has 2 aromatic rings. The molecular formula is C18H20O. The predicted molar refractivity (Wildman–Crippen MR) is 84.4 cm³/mol. The molecule has 0 unspecified atom stereocenters. The van der Waals surface area contributed by atoms with Crippen molar-refractivity contribution in [2.75, 3.05) is 7.11 Å². The third kappa shape index (κ3) is 4.84. The Balaban J connectivity index is 0.000000191. The van der Waals surface area contributed by atoms with Gasteiger partial charge < -0.3 is 4.74 Å². The Morgan fingerprint density at radius 2 is 1.53 bits per heavy atom. The number of ether oxygens (including phenoxy) is 1. The molecule has 0 fully saturated rings. The van der Waals surface area contributed by atoms with Gasteiger partial charge in [0.25, 0.3) is 0 Å². The van der Waals surface area contributed by atoms with Gasteiger partial charge in [-0.15, -0.1) is 0 Å². The van der Waals surface area contributed by atoms with Gasteiger partial charge in [-0.3, -0.25) is 0 Å². The summed E-state index contributed by atoms with van der Waals surface area (Å²) in [5.41, 5.74) is 3.62. The van der Waals surface area contributed by atoms with Crippen molar-refractivity contribution < 1.29 is 4.74 Å². The second-order valence-corrected chi connectivity index (χ2v) is 4.04. The van der Waals surface area contributed by atoms with Crippen molar-refractivity contribution in [3.8, 4) is 5.75 Å². The van der Waals surface area contributed by atoms with Crippen molar-refractivity contribution in [1.82, 2.24) is 0 Å². The molecule has 0 saturated carbocycles. The fourth-order valence-electron chi connectivity index (χ4n) is 1.56. The maximum absolute atomic E-state index is 4.98. The molecule has 0 aliphatic rings. The van der Waals surface area contributed by atoms with Gasteiger partial charge in [0, 0.05) is 0 Å². The Kier molecular flexibility index (Phi) is 6.17. The van der Waals surface area contributed by atoms with Crippen molar-refractivity contribution in [2.45, 2.75) is 6.92 Å². The normalized spacial score (nSPS) is 8.95. The number of hydrogen-bond acceptors (Lipinski definition) is 1. The zero-order valence-corrected chi connectivity index (χ0v) is 11.6. The van der Waals surface area contributed by atoms with E-state index in [1.165, 1.54) is 11.1 Å². The lowest BCUT2D eigenvalue weighted by atomic mass is 10.1. The molecule has 19 heavy (non-hydrogen) atoms. The molecule has 0 heterocycles. The highest BCUT2D eigenvalue weighted by molar-refractivity contribution is 5.51. The van der Waals surface area contributed by atoms with E-state index in [9.17, 15) is 0 Å². The fraction of sp³-hybridized carbons (Fsp3) is 0.111. The molecule has 0 spiro atoms. The molecule has 1 heteroatoms. The largest absolute Gasteiger partial charge is 0.497 e. The van der Waals surface area contributed by atoms with Crippen LogP contribution in [0.5, 0.6) is 5.75 Å². The topological polar surface area (TPSA) is 9.23 Å². The van der Waals surface area contributed by atoms with Crippen molar-refractivity contribution >= 4 is 12.2 Å². The first-order valence-corrected chi connectivity index (χ1v) is 6.15. The van der Waals surface area contributed by atoms with Gasteiger partial charge in [-0.1, -0.05) is 61.7 Å². The summed E-state index contributed by atoms with van der Waals surface area (Å²) in [6.45, 7) is 9.42. The SMILES string of the molecule is C=Cc1ccc(OC)cc1.C=Cc1ccccc1C. The van der Waals surface area contributed by atoms with Crippen LogP contribution in [0, 0.1) is 6.92 Å². The first-order valence-electron chi connectivity index (χ1n) is 6.15. The monoisotopic (exact) mass is 252 g/mol. The van der Waals surface area contributed by atoms with Gasteiger partial charge in [0.2, 0.25) is 0 Å². The summed E-state index contributed by atoms with van der Waals surface area (Å²) in [5.74, 6) is 0.880. The van der Waals surface area contributed by atoms with Gasteiger partial charge >= 0.3 is 0 Å². The molecule has 2 aromatic carbocycles. The average molecular weight is 252 g/mol. The number of hydrogen-bond donors (Lipinski definition) is 0. The number of aryl methyl sites for hydroxylation is 1. The standard InChI is InChI=1S/C9H10O.C9H10/c1-3-8-4-6-9(10-2)7-5-8;1-3-9-7-5-4-6-8(9)2/h3-7H,1H2,2H3;3-7H,1H2,2H3. The van der Waals surface area contributed by atoms with E-state index in [1.807, 2.05) is 42.5 Å². The zero-order chi connectivity index (χ0) is 14.1. The zero-order valence-electron chi connectivity index (χ0n) is 11.6. The lowest BCUT2D eigenvalue weighted by Crippen LogP contribution is -1.80. The lowest BCUT2D eigenvalue weighted by Gasteiger charge is -1.97. The van der Waals surface area contributed by atoms with Crippen LogP contribution in [-0.4, -0.2) is 7.11 Å². The van der Waals surface area contributed by atoms with Crippen LogP contribution in [0.2, 0.25) is 0 Å². The molecule has 1 nitrogen and oxygen atoms in total. The van der Waals surface area contributed by atoms with Gasteiger partial charge in [-0.2, -0.15) is 0 Å². The minimum absolute atomic E-state index is 0.880. The Morgan fingerprint density at radius 1 is 0.895 bits per heavy atom. The summed E-state index contributed by atoms with van der Waals surface area (Å²) in [6, 6.07) is 15.9. The molecule has 0 aliphatic carbocycles. The number of benzene rings is 2. The Labute approximate surface area is 115 Å². The molecule has 98 valence electrons. The smallest absolute Gasteiger partial charge is 0.118 e. The highest BCUT2D eigenvalue weighted by atomic mass is 16.5. The van der Waals surface area contributed by atoms with Crippen molar-refractivity contribution in [1.29, 1.82) is 0 Å². The molecule has 0 amide bonds. The second kappa shape index (κ2) is 7.93. The van der Waals surface area contributed by atoms with Crippen LogP contribution in [0.3, 0.4) is 0 Å². The predicted octanol–water partition coefficient (Wildman–Crippen LogP) is 4.98. The van der Waals surface area contributed by atoms with Crippen molar-refractivity contribution in [3.63, 3.8) is 0 Å². The number of rotatable bonds is 3. The lowest BCUT2D eigenvalue weighted by molar-refractivity contribution is 0.415. The van der Waals surface area contributed by atoms with E-state index in [1.54, 1.807) is 13.2 Å². The Hall–Kier alpha value is -2.28. The third-order valence-corrected chi connectivity index (χ3v) is 2.76. The Bertz CT molecular complexity index is 524. The minimum Gasteiger partial charge on any atom is -0.497 e. The van der Waals surface area contributed by atoms with E-state index in [0.717, 1.165) is 11.3 Å². The summed E-state index contributed by atoms with van der Waals surface area (Å²) < 4.78 is 4.98. The number of methoxy groups -OCH3 is 1. The molecule has 0 radical (unpaired) electrons. The first kappa shape index (κ1) is 14.8. The summed E-state index contributed by atoms with van der Waals surface area (Å²) in [6.07, 6.45) is 3.68. The van der Waals surface area contributed by atoms with Crippen LogP contribution in [0.15, 0.2) is 61.7 Å². The van der Waals surface area contributed by atoms with E-state index < -0.39 is 0 Å². The molecule has 0 atom stereocenters. The van der Waals surface area contributed by atoms with E-state index in [2.05, 4.69) is 32.2 Å². The first-order chi connectivity index (χ1) is 9.21. The van der Waals surface area contributed by atoms with E-state index in [0.29, 0.717) is 0 Å². The van der Waals surface area contributed by atoms with Crippen molar-refractivity contribution in [2.24, 2.45) is 0 Å². The van der Waals surface area contributed by atoms with Crippen LogP contribution in [0.1, 0.15) is 16.7 Å². The van der Waals surface area contributed by atoms with Crippen LogP contribution in [0.4, 0.5) is 0 Å². The highest BCUT2D eigenvalue weighted by Crippen LogP contribution is 2.11. The Morgan fingerprint density at radius 3 is 1.95 bits per heavy atom. The van der Waals surface area contributed by atoms with Gasteiger partial charge in [-0.05, 0) is 35.7 Å². The summed E-state index contributed by atoms with van der Waals surface area (Å²) in [5, 5.41) is 0. The van der Waals surface area contributed by atoms with Gasteiger partial charge in [0.05, 0.1) is 7.11 Å². The fourth-order valence-corrected chi connectivity index (χ4v) is 1.56. The molecule has 0 aliphatic heterocycles. The molecule has 0 aromatic heterocycles. The van der Waals surface area contributed by atoms with Crippen LogP contribution < -0.4 is 4.74 Å². The molecular weight excluding hydrogens is 232 g/mol. The molecule has 0 N–H and O–H groups in total. The van der Waals surface area contributed by atoms with Crippen molar-refractivity contribution in [3.05, 3.63) is 78.4 Å². The van der Waals surface area contributed by atoms with Crippen LogP contribution >= 0.6 is 0 Å². The summed E-state index contributed by atoms with van der Waals surface area (Å²) >= 11 is 0. The summed E-state index contributed by atoms with van der Waals surface area (Å²) in [7, 11) is 1.66. The maximum atomic E-state index is 4.98. The molecule has 0 saturated heterocycles. The van der Waals surface area contributed by atoms with E-state index in [4.69, 9.17) is 4.74 Å². The quantitative estimate of drug-likeness (QED) is 0.749. The minimum atomic E-state index is 0.880.